The molecule has 1 heterocycles. The Balaban J connectivity index is 2.01. The van der Waals surface area contributed by atoms with Gasteiger partial charge in [-0.15, -0.1) is 0 Å². The molecular formula is C16H23N3. The molecule has 0 fully saturated rings. The summed E-state index contributed by atoms with van der Waals surface area (Å²) in [5, 5.41) is 0. The number of aryl methyl sites for hydroxylation is 3. The number of benzene rings is 1. The van der Waals surface area contributed by atoms with Crippen molar-refractivity contribution in [1.82, 2.24) is 9.97 Å². The van der Waals surface area contributed by atoms with Gasteiger partial charge in [0.15, 0.2) is 0 Å². The second kappa shape index (κ2) is 6.53. The molecule has 0 aliphatic heterocycles. The van der Waals surface area contributed by atoms with E-state index in [1.807, 2.05) is 6.20 Å². The molecule has 102 valence electrons. The van der Waals surface area contributed by atoms with Crippen LogP contribution in [0.1, 0.15) is 36.2 Å². The maximum atomic E-state index is 5.49. The average molecular weight is 257 g/mol. The van der Waals surface area contributed by atoms with E-state index in [1.165, 1.54) is 23.1 Å². The molecule has 0 unspecified atom stereocenters. The van der Waals surface area contributed by atoms with Crippen LogP contribution in [-0.2, 0) is 6.42 Å². The first-order chi connectivity index (χ1) is 9.20. The third kappa shape index (κ3) is 3.67. The minimum Gasteiger partial charge on any atom is -0.342 e. The number of H-pyrrole nitrogens is 1. The lowest BCUT2D eigenvalue weighted by molar-refractivity contribution is 0.673. The number of hydrogen-bond donors (Lipinski definition) is 2. The van der Waals surface area contributed by atoms with Crippen LogP contribution in [0, 0.1) is 13.8 Å². The van der Waals surface area contributed by atoms with Gasteiger partial charge in [0.25, 0.3) is 0 Å². The van der Waals surface area contributed by atoms with Gasteiger partial charge in [0, 0.05) is 6.42 Å². The van der Waals surface area contributed by atoms with E-state index in [1.54, 1.807) is 0 Å². The zero-order valence-corrected chi connectivity index (χ0v) is 11.9. The number of unbranched alkanes of at least 4 members (excludes halogenated alkanes) is 2. The Hall–Kier alpha value is -1.61. The molecule has 0 aliphatic carbocycles. The van der Waals surface area contributed by atoms with Crippen LogP contribution in [0.4, 0.5) is 0 Å². The topological polar surface area (TPSA) is 54.7 Å². The Bertz CT molecular complexity index is 529. The van der Waals surface area contributed by atoms with Crippen molar-refractivity contribution in [3.05, 3.63) is 41.3 Å². The summed E-state index contributed by atoms with van der Waals surface area (Å²) in [4.78, 5) is 7.87. The van der Waals surface area contributed by atoms with Crippen LogP contribution in [0.3, 0.4) is 0 Å². The van der Waals surface area contributed by atoms with Crippen LogP contribution in [0.25, 0.3) is 11.3 Å². The molecule has 2 rings (SSSR count). The number of nitrogens with zero attached hydrogens (tertiary/aromatic N) is 1. The van der Waals surface area contributed by atoms with Crippen molar-refractivity contribution >= 4 is 0 Å². The first-order valence-corrected chi connectivity index (χ1v) is 7.02. The minimum absolute atomic E-state index is 0.784. The Kier molecular flexibility index (Phi) is 4.74. The van der Waals surface area contributed by atoms with Crippen molar-refractivity contribution in [2.75, 3.05) is 6.54 Å². The SMILES string of the molecule is Cc1ccc(-c2cnc(CCCCCN)[nH]2)cc1C. The fourth-order valence-corrected chi connectivity index (χ4v) is 2.16. The number of rotatable bonds is 6. The van der Waals surface area contributed by atoms with Crippen LogP contribution in [0.5, 0.6) is 0 Å². The van der Waals surface area contributed by atoms with Crippen molar-refractivity contribution in [3.63, 3.8) is 0 Å². The summed E-state index contributed by atoms with van der Waals surface area (Å²) in [5.74, 6) is 1.07. The van der Waals surface area contributed by atoms with Gasteiger partial charge in [-0.2, -0.15) is 0 Å². The van der Waals surface area contributed by atoms with Crippen molar-refractivity contribution in [2.24, 2.45) is 5.73 Å². The maximum absolute atomic E-state index is 5.49. The number of imidazole rings is 1. The highest BCUT2D eigenvalue weighted by molar-refractivity contribution is 5.60. The molecule has 3 N–H and O–H groups in total. The summed E-state index contributed by atoms with van der Waals surface area (Å²) >= 11 is 0. The number of nitrogens with one attached hydrogen (secondary N) is 1. The van der Waals surface area contributed by atoms with Crippen LogP contribution < -0.4 is 5.73 Å². The normalized spacial score (nSPS) is 10.9. The molecule has 0 amide bonds. The molecule has 3 heteroatoms. The van der Waals surface area contributed by atoms with Crippen molar-refractivity contribution in [2.45, 2.75) is 39.5 Å². The molecular weight excluding hydrogens is 234 g/mol. The van der Waals surface area contributed by atoms with Crippen LogP contribution >= 0.6 is 0 Å². The first-order valence-electron chi connectivity index (χ1n) is 7.02. The van der Waals surface area contributed by atoms with E-state index in [9.17, 15) is 0 Å². The van der Waals surface area contributed by atoms with E-state index in [-0.39, 0.29) is 0 Å². The first kappa shape index (κ1) is 13.8. The van der Waals surface area contributed by atoms with Gasteiger partial charge in [-0.25, -0.2) is 4.98 Å². The van der Waals surface area contributed by atoms with Gasteiger partial charge in [0.1, 0.15) is 5.82 Å². The molecule has 19 heavy (non-hydrogen) atoms. The summed E-state index contributed by atoms with van der Waals surface area (Å²) in [7, 11) is 0. The minimum atomic E-state index is 0.784. The van der Waals surface area contributed by atoms with Crippen LogP contribution in [-0.4, -0.2) is 16.5 Å². The quantitative estimate of drug-likeness (QED) is 0.780. The number of nitrogens with two attached hydrogens (primary N) is 1. The monoisotopic (exact) mass is 257 g/mol. The van der Waals surface area contributed by atoms with Gasteiger partial charge in [-0.05, 0) is 56.0 Å². The predicted octanol–water partition coefficient (Wildman–Crippen LogP) is 3.37. The lowest BCUT2D eigenvalue weighted by Crippen LogP contribution is -1.98. The van der Waals surface area contributed by atoms with Gasteiger partial charge in [-0.1, -0.05) is 18.6 Å². The predicted molar refractivity (Wildman–Crippen MR) is 80.1 cm³/mol. The fourth-order valence-electron chi connectivity index (χ4n) is 2.16. The molecule has 0 bridgehead atoms. The third-order valence-corrected chi connectivity index (χ3v) is 3.56. The van der Waals surface area contributed by atoms with Gasteiger partial charge < -0.3 is 10.7 Å². The Morgan fingerprint density at radius 1 is 1.11 bits per heavy atom. The highest BCUT2D eigenvalue weighted by Gasteiger charge is 2.04. The Morgan fingerprint density at radius 3 is 2.68 bits per heavy atom. The number of aromatic amines is 1. The summed E-state index contributed by atoms with van der Waals surface area (Å²) in [5.41, 5.74) is 10.5. The van der Waals surface area contributed by atoms with Gasteiger partial charge in [0.2, 0.25) is 0 Å². The molecule has 1 aromatic heterocycles. The lowest BCUT2D eigenvalue weighted by atomic mass is 10.1. The largest absolute Gasteiger partial charge is 0.342 e. The summed E-state index contributed by atoms with van der Waals surface area (Å²) in [6, 6.07) is 6.52. The molecule has 3 nitrogen and oxygen atoms in total. The van der Waals surface area contributed by atoms with E-state index in [0.29, 0.717) is 0 Å². The van der Waals surface area contributed by atoms with Crippen LogP contribution in [0.15, 0.2) is 24.4 Å². The average Bonchev–Trinajstić information content (AvgIpc) is 2.87. The highest BCUT2D eigenvalue weighted by Crippen LogP contribution is 2.20. The molecule has 0 spiro atoms. The molecule has 0 radical (unpaired) electrons. The second-order valence-corrected chi connectivity index (χ2v) is 5.14. The molecule has 0 aliphatic rings. The Morgan fingerprint density at radius 2 is 1.95 bits per heavy atom. The van der Waals surface area contributed by atoms with Crippen molar-refractivity contribution in [3.8, 4) is 11.3 Å². The lowest BCUT2D eigenvalue weighted by Gasteiger charge is -2.03. The summed E-state index contributed by atoms with van der Waals surface area (Å²) < 4.78 is 0. The zero-order valence-electron chi connectivity index (χ0n) is 11.9. The zero-order chi connectivity index (χ0) is 13.7. The standard InChI is InChI=1S/C16H23N3/c1-12-7-8-14(10-13(12)2)15-11-18-16(19-15)6-4-3-5-9-17/h7-8,10-11H,3-6,9,17H2,1-2H3,(H,18,19). The third-order valence-electron chi connectivity index (χ3n) is 3.56. The smallest absolute Gasteiger partial charge is 0.106 e. The van der Waals surface area contributed by atoms with E-state index in [2.05, 4.69) is 42.0 Å². The van der Waals surface area contributed by atoms with Crippen LogP contribution in [0.2, 0.25) is 0 Å². The molecule has 0 atom stereocenters. The number of aromatic nitrogens is 2. The maximum Gasteiger partial charge on any atom is 0.106 e. The highest BCUT2D eigenvalue weighted by atomic mass is 14.9. The van der Waals surface area contributed by atoms with Gasteiger partial charge in [0.05, 0.1) is 11.9 Å². The Labute approximate surface area is 115 Å². The van der Waals surface area contributed by atoms with E-state index < -0.39 is 0 Å². The second-order valence-electron chi connectivity index (χ2n) is 5.14. The molecule has 0 saturated heterocycles. The van der Waals surface area contributed by atoms with E-state index in [0.717, 1.165) is 37.3 Å². The van der Waals surface area contributed by atoms with Gasteiger partial charge in [-0.3, -0.25) is 0 Å². The molecule has 0 saturated carbocycles. The fraction of sp³-hybridized carbons (Fsp3) is 0.438. The summed E-state index contributed by atoms with van der Waals surface area (Å²) in [6.45, 7) is 5.06. The molecule has 1 aromatic carbocycles. The van der Waals surface area contributed by atoms with E-state index in [4.69, 9.17) is 5.73 Å². The van der Waals surface area contributed by atoms with Gasteiger partial charge >= 0.3 is 0 Å². The summed E-state index contributed by atoms with van der Waals surface area (Å²) in [6.07, 6.45) is 6.37. The number of hydrogen-bond acceptors (Lipinski definition) is 2. The van der Waals surface area contributed by atoms with Crippen molar-refractivity contribution in [1.29, 1.82) is 0 Å². The van der Waals surface area contributed by atoms with Crippen molar-refractivity contribution < 1.29 is 0 Å². The molecule has 2 aromatic rings. The van der Waals surface area contributed by atoms with E-state index >= 15 is 0 Å².